The van der Waals surface area contributed by atoms with Crippen molar-refractivity contribution in [3.8, 4) is 0 Å². The van der Waals surface area contributed by atoms with Gasteiger partial charge in [-0.2, -0.15) is 0 Å². The standard InChI is InChI=1S/C22H28N2O2/c1-21(2)17-22(11-14-26-21,19-8-4-3-5-9-19)10-13-24-20(25)15-18-7-6-12-23-16-18/h3-9,12,16H,10-11,13-15,17H2,1-2H3,(H,24,25). The van der Waals surface area contributed by atoms with Gasteiger partial charge in [0.2, 0.25) is 5.91 Å². The Morgan fingerprint density at radius 1 is 1.19 bits per heavy atom. The number of pyridine rings is 1. The predicted octanol–water partition coefficient (Wildman–Crippen LogP) is 3.66. The van der Waals surface area contributed by atoms with E-state index in [-0.39, 0.29) is 16.9 Å². The summed E-state index contributed by atoms with van der Waals surface area (Å²) < 4.78 is 5.95. The Morgan fingerprint density at radius 2 is 2.00 bits per heavy atom. The van der Waals surface area contributed by atoms with Crippen molar-refractivity contribution in [1.82, 2.24) is 10.3 Å². The first-order valence-corrected chi connectivity index (χ1v) is 9.34. The minimum Gasteiger partial charge on any atom is -0.376 e. The molecule has 2 heterocycles. The van der Waals surface area contributed by atoms with Gasteiger partial charge in [0.05, 0.1) is 12.0 Å². The molecule has 1 unspecified atom stereocenters. The second-order valence-electron chi connectivity index (χ2n) is 7.82. The van der Waals surface area contributed by atoms with E-state index < -0.39 is 0 Å². The number of aromatic nitrogens is 1. The summed E-state index contributed by atoms with van der Waals surface area (Å²) in [7, 11) is 0. The summed E-state index contributed by atoms with van der Waals surface area (Å²) in [5.74, 6) is 0.0486. The van der Waals surface area contributed by atoms with Crippen molar-refractivity contribution in [2.75, 3.05) is 13.2 Å². The van der Waals surface area contributed by atoms with Crippen LogP contribution in [0.3, 0.4) is 0 Å². The fraction of sp³-hybridized carbons (Fsp3) is 0.455. The zero-order valence-electron chi connectivity index (χ0n) is 15.7. The normalized spacial score (nSPS) is 21.9. The number of benzene rings is 1. The summed E-state index contributed by atoms with van der Waals surface area (Å²) >= 11 is 0. The lowest BCUT2D eigenvalue weighted by Crippen LogP contribution is -2.45. The Balaban J connectivity index is 1.64. The van der Waals surface area contributed by atoms with E-state index in [0.29, 0.717) is 13.0 Å². The van der Waals surface area contributed by atoms with Crippen molar-refractivity contribution < 1.29 is 9.53 Å². The van der Waals surface area contributed by atoms with Crippen LogP contribution in [0.5, 0.6) is 0 Å². The van der Waals surface area contributed by atoms with Gasteiger partial charge >= 0.3 is 0 Å². The lowest BCUT2D eigenvalue weighted by atomic mass is 9.67. The fourth-order valence-corrected chi connectivity index (χ4v) is 4.06. The van der Waals surface area contributed by atoms with Gasteiger partial charge in [-0.15, -0.1) is 0 Å². The molecule has 1 saturated heterocycles. The Kier molecular flexibility index (Phi) is 5.72. The summed E-state index contributed by atoms with van der Waals surface area (Å²) in [5.41, 5.74) is 2.19. The molecule has 1 aromatic carbocycles. The number of carbonyl (C=O) groups is 1. The molecular formula is C22H28N2O2. The summed E-state index contributed by atoms with van der Waals surface area (Å²) in [6, 6.07) is 14.5. The van der Waals surface area contributed by atoms with Gasteiger partial charge in [-0.05, 0) is 50.3 Å². The third-order valence-electron chi connectivity index (χ3n) is 5.24. The summed E-state index contributed by atoms with van der Waals surface area (Å²) in [4.78, 5) is 16.3. The van der Waals surface area contributed by atoms with E-state index >= 15 is 0 Å². The van der Waals surface area contributed by atoms with Crippen LogP contribution in [-0.4, -0.2) is 29.6 Å². The van der Waals surface area contributed by atoms with Crippen LogP contribution in [0.4, 0.5) is 0 Å². The van der Waals surface area contributed by atoms with E-state index in [1.807, 2.05) is 12.1 Å². The van der Waals surface area contributed by atoms with Crippen LogP contribution in [0.15, 0.2) is 54.9 Å². The number of hydrogen-bond acceptors (Lipinski definition) is 3. The second kappa shape index (κ2) is 8.00. The number of carbonyl (C=O) groups excluding carboxylic acids is 1. The molecule has 4 nitrogen and oxygen atoms in total. The molecule has 3 rings (SSSR count). The Labute approximate surface area is 156 Å². The predicted molar refractivity (Wildman–Crippen MR) is 103 cm³/mol. The molecule has 1 atom stereocenters. The van der Waals surface area contributed by atoms with E-state index in [9.17, 15) is 4.79 Å². The van der Waals surface area contributed by atoms with E-state index in [2.05, 4.69) is 54.5 Å². The largest absolute Gasteiger partial charge is 0.376 e. The Bertz CT molecular complexity index is 715. The van der Waals surface area contributed by atoms with Crippen LogP contribution in [-0.2, 0) is 21.4 Å². The maximum absolute atomic E-state index is 12.3. The van der Waals surface area contributed by atoms with Crippen molar-refractivity contribution in [3.63, 3.8) is 0 Å². The highest BCUT2D eigenvalue weighted by Crippen LogP contribution is 2.43. The van der Waals surface area contributed by atoms with Crippen LogP contribution < -0.4 is 5.32 Å². The highest BCUT2D eigenvalue weighted by Gasteiger charge is 2.41. The van der Waals surface area contributed by atoms with Gasteiger partial charge in [0, 0.05) is 31.0 Å². The number of nitrogens with zero attached hydrogens (tertiary/aromatic N) is 1. The first-order valence-electron chi connectivity index (χ1n) is 9.34. The van der Waals surface area contributed by atoms with Crippen LogP contribution in [0, 0.1) is 0 Å². The molecule has 0 aliphatic carbocycles. The summed E-state index contributed by atoms with van der Waals surface area (Å²) in [6.07, 6.45) is 6.70. The van der Waals surface area contributed by atoms with E-state index in [1.165, 1.54) is 5.56 Å². The maximum atomic E-state index is 12.3. The van der Waals surface area contributed by atoms with Gasteiger partial charge in [0.15, 0.2) is 0 Å². The molecule has 1 fully saturated rings. The first-order chi connectivity index (χ1) is 12.5. The molecule has 0 spiro atoms. The van der Waals surface area contributed by atoms with E-state index in [4.69, 9.17) is 4.74 Å². The minimum absolute atomic E-state index is 0.0462. The van der Waals surface area contributed by atoms with Crippen molar-refractivity contribution in [2.45, 2.75) is 50.5 Å². The number of rotatable bonds is 6. The average Bonchev–Trinajstić information content (AvgIpc) is 2.62. The molecule has 0 radical (unpaired) electrons. The highest BCUT2D eigenvalue weighted by molar-refractivity contribution is 5.78. The zero-order valence-corrected chi connectivity index (χ0v) is 15.7. The molecule has 2 aromatic rings. The SMILES string of the molecule is CC1(C)CC(CCNC(=O)Cc2cccnc2)(c2ccccc2)CCO1. The third kappa shape index (κ3) is 4.70. The maximum Gasteiger partial charge on any atom is 0.224 e. The number of ether oxygens (including phenoxy) is 1. The first kappa shape index (κ1) is 18.6. The Hall–Kier alpha value is -2.20. The number of nitrogens with one attached hydrogen (secondary N) is 1. The molecule has 1 amide bonds. The molecule has 1 aromatic heterocycles. The number of hydrogen-bond donors (Lipinski definition) is 1. The second-order valence-corrected chi connectivity index (χ2v) is 7.82. The molecule has 1 N–H and O–H groups in total. The molecule has 0 bridgehead atoms. The summed E-state index contributed by atoms with van der Waals surface area (Å²) in [6.45, 7) is 5.74. The number of amides is 1. The Morgan fingerprint density at radius 3 is 2.69 bits per heavy atom. The third-order valence-corrected chi connectivity index (χ3v) is 5.24. The van der Waals surface area contributed by atoms with Gasteiger partial charge in [-0.1, -0.05) is 36.4 Å². The smallest absolute Gasteiger partial charge is 0.224 e. The van der Waals surface area contributed by atoms with Crippen molar-refractivity contribution in [1.29, 1.82) is 0 Å². The van der Waals surface area contributed by atoms with E-state index in [0.717, 1.165) is 31.4 Å². The van der Waals surface area contributed by atoms with Crippen molar-refractivity contribution >= 4 is 5.91 Å². The van der Waals surface area contributed by atoms with E-state index in [1.54, 1.807) is 12.4 Å². The van der Waals surface area contributed by atoms with Crippen LogP contribution in [0.2, 0.25) is 0 Å². The van der Waals surface area contributed by atoms with Crippen molar-refractivity contribution in [2.24, 2.45) is 0 Å². The van der Waals surface area contributed by atoms with Gasteiger partial charge < -0.3 is 10.1 Å². The minimum atomic E-state index is -0.145. The molecule has 4 heteroatoms. The molecule has 26 heavy (non-hydrogen) atoms. The van der Waals surface area contributed by atoms with Crippen LogP contribution in [0.1, 0.15) is 44.2 Å². The van der Waals surface area contributed by atoms with Gasteiger partial charge in [0.1, 0.15) is 0 Å². The highest BCUT2D eigenvalue weighted by atomic mass is 16.5. The molecule has 1 aliphatic rings. The molecule has 138 valence electrons. The molecular weight excluding hydrogens is 324 g/mol. The fourth-order valence-electron chi connectivity index (χ4n) is 4.06. The van der Waals surface area contributed by atoms with Gasteiger partial charge in [-0.25, -0.2) is 0 Å². The topological polar surface area (TPSA) is 51.2 Å². The molecule has 0 saturated carbocycles. The monoisotopic (exact) mass is 352 g/mol. The zero-order chi connectivity index (χ0) is 18.5. The average molecular weight is 352 g/mol. The van der Waals surface area contributed by atoms with Gasteiger partial charge in [0.25, 0.3) is 0 Å². The summed E-state index contributed by atoms with van der Waals surface area (Å²) in [5, 5.41) is 3.09. The lowest BCUT2D eigenvalue weighted by molar-refractivity contribution is -0.120. The quantitative estimate of drug-likeness (QED) is 0.863. The van der Waals surface area contributed by atoms with Crippen molar-refractivity contribution in [3.05, 3.63) is 66.0 Å². The van der Waals surface area contributed by atoms with Crippen LogP contribution >= 0.6 is 0 Å². The molecule has 1 aliphatic heterocycles. The van der Waals surface area contributed by atoms with Crippen LogP contribution in [0.25, 0.3) is 0 Å². The van der Waals surface area contributed by atoms with Gasteiger partial charge in [-0.3, -0.25) is 9.78 Å². The lowest BCUT2D eigenvalue weighted by Gasteiger charge is -2.45.